The molecule has 0 unspecified atom stereocenters. The van der Waals surface area contributed by atoms with Crippen molar-refractivity contribution in [3.8, 4) is 0 Å². The van der Waals surface area contributed by atoms with Crippen molar-refractivity contribution in [1.82, 2.24) is 5.32 Å². The van der Waals surface area contributed by atoms with Gasteiger partial charge in [0.15, 0.2) is 0 Å². The maximum Gasteiger partial charge on any atom is 0.225 e. The van der Waals surface area contributed by atoms with E-state index in [1.165, 1.54) is 12.8 Å². The first-order valence-corrected chi connectivity index (χ1v) is 7.36. The molecule has 2 nitrogen and oxygen atoms in total. The summed E-state index contributed by atoms with van der Waals surface area (Å²) in [4.78, 5) is 13.1. The zero-order valence-electron chi connectivity index (χ0n) is 10.6. The first-order chi connectivity index (χ1) is 8.16. The van der Waals surface area contributed by atoms with Gasteiger partial charge in [0.1, 0.15) is 0 Å². The molecule has 1 saturated carbocycles. The van der Waals surface area contributed by atoms with Crippen molar-refractivity contribution in [2.24, 2.45) is 11.8 Å². The summed E-state index contributed by atoms with van der Waals surface area (Å²) in [6.07, 6.45) is 4.23. The monoisotopic (exact) mass is 251 g/mol. The highest BCUT2D eigenvalue weighted by molar-refractivity contribution is 7.10. The maximum absolute atomic E-state index is 11.9. The summed E-state index contributed by atoms with van der Waals surface area (Å²) >= 11 is 1.65. The molecule has 1 aliphatic carbocycles. The largest absolute Gasteiger partial charge is 0.353 e. The molecule has 2 rings (SSSR count). The van der Waals surface area contributed by atoms with Crippen molar-refractivity contribution in [2.45, 2.75) is 45.6 Å². The van der Waals surface area contributed by atoms with E-state index in [1.54, 1.807) is 11.3 Å². The highest BCUT2D eigenvalue weighted by atomic mass is 32.1. The van der Waals surface area contributed by atoms with Gasteiger partial charge in [-0.05, 0) is 29.7 Å². The van der Waals surface area contributed by atoms with Gasteiger partial charge in [0, 0.05) is 10.9 Å². The summed E-state index contributed by atoms with van der Waals surface area (Å²) in [5, 5.41) is 5.23. The van der Waals surface area contributed by atoms with Crippen LogP contribution < -0.4 is 5.32 Å². The number of hydrogen-bond donors (Lipinski definition) is 1. The molecule has 1 amide bonds. The summed E-state index contributed by atoms with van der Waals surface area (Å²) < 4.78 is 0. The van der Waals surface area contributed by atoms with Crippen LogP contribution in [0.1, 0.15) is 38.0 Å². The second-order valence-electron chi connectivity index (χ2n) is 5.20. The normalized spacial score (nSPS) is 28.9. The molecule has 1 fully saturated rings. The first-order valence-electron chi connectivity index (χ1n) is 6.48. The molecule has 1 N–H and O–H groups in total. The molecule has 0 aliphatic heterocycles. The molecule has 0 aromatic carbocycles. The molecular formula is C14H21NOS. The Hall–Kier alpha value is -0.830. The summed E-state index contributed by atoms with van der Waals surface area (Å²) in [5.41, 5.74) is 0. The van der Waals surface area contributed by atoms with Gasteiger partial charge < -0.3 is 5.32 Å². The quantitative estimate of drug-likeness (QED) is 0.878. The molecule has 3 heteroatoms. The van der Waals surface area contributed by atoms with E-state index in [9.17, 15) is 4.79 Å². The van der Waals surface area contributed by atoms with Gasteiger partial charge in [-0.1, -0.05) is 32.8 Å². The van der Waals surface area contributed by atoms with Crippen LogP contribution in [-0.4, -0.2) is 11.9 Å². The van der Waals surface area contributed by atoms with E-state index in [0.29, 0.717) is 18.4 Å². The zero-order chi connectivity index (χ0) is 12.3. The third-order valence-electron chi connectivity index (χ3n) is 3.97. The van der Waals surface area contributed by atoms with Crippen LogP contribution in [0.5, 0.6) is 0 Å². The van der Waals surface area contributed by atoms with Crippen molar-refractivity contribution in [3.63, 3.8) is 0 Å². The Morgan fingerprint density at radius 2 is 2.29 bits per heavy atom. The van der Waals surface area contributed by atoms with Crippen LogP contribution in [0.25, 0.3) is 0 Å². The van der Waals surface area contributed by atoms with Gasteiger partial charge in [0.05, 0.1) is 6.42 Å². The lowest BCUT2D eigenvalue weighted by Crippen LogP contribution is -2.44. The number of carbonyl (C=O) groups excluding carboxylic acids is 1. The van der Waals surface area contributed by atoms with Crippen LogP contribution in [0, 0.1) is 11.8 Å². The number of nitrogens with one attached hydrogen (secondary N) is 1. The second-order valence-corrected chi connectivity index (χ2v) is 6.23. The topological polar surface area (TPSA) is 29.1 Å². The number of amides is 1. The predicted octanol–water partition coefficient (Wildman–Crippen LogP) is 3.23. The minimum absolute atomic E-state index is 0.179. The lowest BCUT2D eigenvalue weighted by Gasteiger charge is -2.34. The fourth-order valence-electron chi connectivity index (χ4n) is 2.61. The van der Waals surface area contributed by atoms with Crippen molar-refractivity contribution >= 4 is 17.2 Å². The molecule has 0 saturated heterocycles. The zero-order valence-corrected chi connectivity index (χ0v) is 11.4. The van der Waals surface area contributed by atoms with E-state index in [4.69, 9.17) is 0 Å². The average Bonchev–Trinajstić information content (AvgIpc) is 2.77. The van der Waals surface area contributed by atoms with E-state index in [2.05, 4.69) is 19.2 Å². The second kappa shape index (κ2) is 5.67. The van der Waals surface area contributed by atoms with Crippen LogP contribution in [0.2, 0.25) is 0 Å². The van der Waals surface area contributed by atoms with Gasteiger partial charge in [-0.25, -0.2) is 0 Å². The minimum atomic E-state index is 0.179. The Bertz CT molecular complexity index is 360. The molecule has 0 radical (unpaired) electrons. The van der Waals surface area contributed by atoms with E-state index in [1.807, 2.05) is 17.5 Å². The highest BCUT2D eigenvalue weighted by Gasteiger charge is 2.27. The summed E-state index contributed by atoms with van der Waals surface area (Å²) in [6, 6.07) is 4.40. The third-order valence-corrected chi connectivity index (χ3v) is 4.84. The van der Waals surface area contributed by atoms with Gasteiger partial charge >= 0.3 is 0 Å². The average molecular weight is 251 g/mol. The van der Waals surface area contributed by atoms with Crippen molar-refractivity contribution in [3.05, 3.63) is 22.4 Å². The molecule has 0 spiro atoms. The van der Waals surface area contributed by atoms with Crippen LogP contribution >= 0.6 is 11.3 Å². The summed E-state index contributed by atoms with van der Waals surface area (Å²) in [7, 11) is 0. The number of rotatable bonds is 3. The minimum Gasteiger partial charge on any atom is -0.353 e. The lowest BCUT2D eigenvalue weighted by molar-refractivity contribution is -0.121. The maximum atomic E-state index is 11.9. The smallest absolute Gasteiger partial charge is 0.225 e. The SMILES string of the molecule is C[C@H]1[C@H](C)CCC[C@@H]1NC(=O)Cc1cccs1. The Morgan fingerprint density at radius 3 is 3.00 bits per heavy atom. The van der Waals surface area contributed by atoms with Crippen LogP contribution in [0.4, 0.5) is 0 Å². The van der Waals surface area contributed by atoms with Crippen LogP contribution in [0.15, 0.2) is 17.5 Å². The van der Waals surface area contributed by atoms with Gasteiger partial charge in [-0.3, -0.25) is 4.79 Å². The van der Waals surface area contributed by atoms with Crippen LogP contribution in [-0.2, 0) is 11.2 Å². The Morgan fingerprint density at radius 1 is 1.47 bits per heavy atom. The summed E-state index contributed by atoms with van der Waals surface area (Å²) in [5.74, 6) is 1.52. The molecule has 1 heterocycles. The number of hydrogen-bond acceptors (Lipinski definition) is 2. The Balaban J connectivity index is 1.85. The van der Waals surface area contributed by atoms with E-state index >= 15 is 0 Å². The fourth-order valence-corrected chi connectivity index (χ4v) is 3.32. The number of thiophene rings is 1. The number of carbonyl (C=O) groups is 1. The lowest BCUT2D eigenvalue weighted by atomic mass is 9.78. The van der Waals surface area contributed by atoms with Gasteiger partial charge in [0.25, 0.3) is 0 Å². The fraction of sp³-hybridized carbons (Fsp3) is 0.643. The van der Waals surface area contributed by atoms with Crippen molar-refractivity contribution < 1.29 is 4.79 Å². The van der Waals surface area contributed by atoms with Gasteiger partial charge in [-0.15, -0.1) is 11.3 Å². The molecular weight excluding hydrogens is 230 g/mol. The molecule has 3 atom stereocenters. The third kappa shape index (κ3) is 3.32. The molecule has 1 aromatic heterocycles. The summed E-state index contributed by atoms with van der Waals surface area (Å²) in [6.45, 7) is 4.56. The molecule has 17 heavy (non-hydrogen) atoms. The molecule has 94 valence electrons. The predicted molar refractivity (Wildman–Crippen MR) is 72.1 cm³/mol. The van der Waals surface area contributed by atoms with Crippen LogP contribution in [0.3, 0.4) is 0 Å². The molecule has 0 bridgehead atoms. The van der Waals surface area contributed by atoms with Gasteiger partial charge in [-0.2, -0.15) is 0 Å². The highest BCUT2D eigenvalue weighted by Crippen LogP contribution is 2.29. The van der Waals surface area contributed by atoms with E-state index < -0.39 is 0 Å². The Labute approximate surface area is 107 Å². The van der Waals surface area contributed by atoms with E-state index in [0.717, 1.165) is 17.2 Å². The van der Waals surface area contributed by atoms with E-state index in [-0.39, 0.29) is 5.91 Å². The Kier molecular flexibility index (Phi) is 4.21. The standard InChI is InChI=1S/C14H21NOS/c1-10-5-3-7-13(11(10)2)15-14(16)9-12-6-4-8-17-12/h4,6,8,10-11,13H,3,5,7,9H2,1-2H3,(H,15,16)/t10-,11+,13+/m1/s1. The van der Waals surface area contributed by atoms with Gasteiger partial charge in [0.2, 0.25) is 5.91 Å². The van der Waals surface area contributed by atoms with Crippen molar-refractivity contribution in [1.29, 1.82) is 0 Å². The van der Waals surface area contributed by atoms with Crippen molar-refractivity contribution in [2.75, 3.05) is 0 Å². The molecule has 1 aliphatic rings. The first kappa shape index (κ1) is 12.6. The molecule has 1 aromatic rings.